The van der Waals surface area contributed by atoms with Crippen molar-refractivity contribution in [1.82, 2.24) is 4.90 Å². The smallest absolute Gasteiger partial charge is 0.256 e. The highest BCUT2D eigenvalue weighted by Crippen LogP contribution is 2.42. The first-order chi connectivity index (χ1) is 24.0. The van der Waals surface area contributed by atoms with Crippen molar-refractivity contribution in [1.29, 1.82) is 0 Å². The Morgan fingerprint density at radius 3 is 2.14 bits per heavy atom. The van der Waals surface area contributed by atoms with Gasteiger partial charge < -0.3 is 42.9 Å². The lowest BCUT2D eigenvalue weighted by molar-refractivity contribution is 0.0774. The van der Waals surface area contributed by atoms with Crippen molar-refractivity contribution in [2.45, 2.75) is 50.7 Å². The summed E-state index contributed by atoms with van der Waals surface area (Å²) in [7, 11) is 7.95. The zero-order valence-corrected chi connectivity index (χ0v) is 28.7. The van der Waals surface area contributed by atoms with Crippen LogP contribution in [0, 0.1) is 0 Å². The van der Waals surface area contributed by atoms with Gasteiger partial charge in [-0.05, 0) is 68.0 Å². The van der Waals surface area contributed by atoms with E-state index in [1.807, 2.05) is 41.4 Å². The second-order valence-corrected chi connectivity index (χ2v) is 11.9. The number of rotatable bonds is 15. The standard InChI is InChI=1S/C37H43N3O9/c1-42-29-12-11-23(30-20-27(39-49-30)24-17-34(44-3)36(46-5)35(18-24)45-4)16-32(29)47-14-7-6-8-15-48-33-21-28-26(19-31(33)43-2)37(41)40-13-9-10-25(40)22-38-28/h11-12,16-19,21-22,25,30H,6-10,13-15,20H2,1-5H3/t25-,30?/m0/s1. The van der Waals surface area contributed by atoms with Crippen LogP contribution in [0.4, 0.5) is 5.69 Å². The second kappa shape index (κ2) is 15.4. The number of ether oxygens (including phenoxy) is 7. The first-order valence-corrected chi connectivity index (χ1v) is 16.5. The third-order valence-corrected chi connectivity index (χ3v) is 8.99. The topological polar surface area (TPSA) is 119 Å². The van der Waals surface area contributed by atoms with E-state index in [2.05, 4.69) is 10.1 Å². The highest BCUT2D eigenvalue weighted by molar-refractivity contribution is 6.04. The van der Waals surface area contributed by atoms with Crippen molar-refractivity contribution in [3.8, 4) is 40.2 Å². The van der Waals surface area contributed by atoms with Crippen LogP contribution in [-0.2, 0) is 4.84 Å². The van der Waals surface area contributed by atoms with Gasteiger partial charge >= 0.3 is 0 Å². The molecule has 12 nitrogen and oxygen atoms in total. The van der Waals surface area contributed by atoms with Crippen molar-refractivity contribution in [3.63, 3.8) is 0 Å². The van der Waals surface area contributed by atoms with E-state index in [4.69, 9.17) is 38.0 Å². The number of methoxy groups -OCH3 is 5. The second-order valence-electron chi connectivity index (χ2n) is 11.9. The van der Waals surface area contributed by atoms with Gasteiger partial charge in [0.25, 0.3) is 5.91 Å². The van der Waals surface area contributed by atoms with Crippen LogP contribution in [0.15, 0.2) is 52.6 Å². The van der Waals surface area contributed by atoms with Crippen molar-refractivity contribution < 1.29 is 42.8 Å². The predicted molar refractivity (Wildman–Crippen MR) is 184 cm³/mol. The van der Waals surface area contributed by atoms with Crippen molar-refractivity contribution >= 4 is 23.5 Å². The van der Waals surface area contributed by atoms with Gasteiger partial charge in [-0.3, -0.25) is 9.79 Å². The molecule has 3 aromatic rings. The normalized spacial score (nSPS) is 17.8. The molecule has 3 aliphatic rings. The van der Waals surface area contributed by atoms with Crippen LogP contribution in [0.3, 0.4) is 0 Å². The third-order valence-electron chi connectivity index (χ3n) is 8.99. The Balaban J connectivity index is 1.00. The summed E-state index contributed by atoms with van der Waals surface area (Å²) < 4.78 is 39.9. The van der Waals surface area contributed by atoms with Crippen LogP contribution in [0.25, 0.3) is 0 Å². The molecule has 0 spiro atoms. The largest absolute Gasteiger partial charge is 0.493 e. The number of oxime groups is 1. The zero-order valence-electron chi connectivity index (χ0n) is 28.7. The summed E-state index contributed by atoms with van der Waals surface area (Å²) in [6.45, 7) is 1.75. The van der Waals surface area contributed by atoms with Gasteiger partial charge in [-0.15, -0.1) is 0 Å². The molecule has 1 amide bonds. The number of nitrogens with zero attached hydrogens (tertiary/aromatic N) is 3. The number of amides is 1. The minimum atomic E-state index is -0.287. The summed E-state index contributed by atoms with van der Waals surface area (Å²) in [4.78, 5) is 25.5. The first-order valence-electron chi connectivity index (χ1n) is 16.5. The van der Waals surface area contributed by atoms with E-state index in [1.54, 1.807) is 47.7 Å². The van der Waals surface area contributed by atoms with E-state index in [-0.39, 0.29) is 18.1 Å². The molecule has 6 rings (SSSR count). The Morgan fingerprint density at radius 1 is 0.776 bits per heavy atom. The molecule has 0 aromatic heterocycles. The first kappa shape index (κ1) is 33.8. The van der Waals surface area contributed by atoms with Gasteiger partial charge in [-0.25, -0.2) is 0 Å². The number of unbranched alkanes of at least 4 members (excludes halogenated alkanes) is 2. The van der Waals surface area contributed by atoms with Crippen LogP contribution in [0.5, 0.6) is 40.2 Å². The average Bonchev–Trinajstić information content (AvgIpc) is 3.81. The van der Waals surface area contributed by atoms with Crippen LogP contribution < -0.4 is 33.2 Å². The summed E-state index contributed by atoms with van der Waals surface area (Å²) in [6, 6.07) is 13.1. The number of fused-ring (bicyclic) bond motifs is 2. The Bertz CT molecular complexity index is 1700. The lowest BCUT2D eigenvalue weighted by Crippen LogP contribution is -2.35. The van der Waals surface area contributed by atoms with E-state index in [0.29, 0.717) is 71.1 Å². The summed E-state index contributed by atoms with van der Waals surface area (Å²) in [6.07, 6.45) is 6.60. The third kappa shape index (κ3) is 7.18. The Kier molecular flexibility index (Phi) is 10.6. The van der Waals surface area contributed by atoms with Crippen molar-refractivity contribution in [2.24, 2.45) is 10.1 Å². The fourth-order valence-corrected chi connectivity index (χ4v) is 6.35. The van der Waals surface area contributed by atoms with Gasteiger partial charge in [-0.2, -0.15) is 0 Å². The van der Waals surface area contributed by atoms with Crippen LogP contribution >= 0.6 is 0 Å². The van der Waals surface area contributed by atoms with E-state index >= 15 is 0 Å². The minimum Gasteiger partial charge on any atom is -0.493 e. The number of carbonyl (C=O) groups is 1. The van der Waals surface area contributed by atoms with Gasteiger partial charge in [0, 0.05) is 30.8 Å². The fourth-order valence-electron chi connectivity index (χ4n) is 6.35. The Morgan fingerprint density at radius 2 is 1.47 bits per heavy atom. The minimum absolute atomic E-state index is 0.00785. The highest BCUT2D eigenvalue weighted by Gasteiger charge is 2.33. The fraction of sp³-hybridized carbons (Fsp3) is 0.432. The molecule has 1 unspecified atom stereocenters. The number of carbonyl (C=O) groups excluding carboxylic acids is 1. The van der Waals surface area contributed by atoms with Gasteiger partial charge in [-0.1, -0.05) is 11.2 Å². The van der Waals surface area contributed by atoms with Crippen molar-refractivity contribution in [3.05, 3.63) is 59.2 Å². The Labute approximate surface area is 286 Å². The predicted octanol–water partition coefficient (Wildman–Crippen LogP) is 6.54. The molecule has 2 atom stereocenters. The molecule has 3 aliphatic heterocycles. The summed E-state index contributed by atoms with van der Waals surface area (Å²) in [5.74, 6) is 4.02. The molecule has 0 radical (unpaired) electrons. The van der Waals surface area contributed by atoms with Crippen LogP contribution in [-0.4, -0.2) is 84.1 Å². The Hall–Kier alpha value is -5.13. The van der Waals surface area contributed by atoms with Gasteiger partial charge in [0.1, 0.15) is 0 Å². The highest BCUT2D eigenvalue weighted by atomic mass is 16.6. The summed E-state index contributed by atoms with van der Waals surface area (Å²) >= 11 is 0. The quantitative estimate of drug-likeness (QED) is 0.166. The molecule has 260 valence electrons. The maximum atomic E-state index is 13.1. The van der Waals surface area contributed by atoms with E-state index in [0.717, 1.165) is 55.5 Å². The molecular formula is C37H43N3O9. The average molecular weight is 674 g/mol. The van der Waals surface area contributed by atoms with Gasteiger partial charge in [0.05, 0.1) is 71.8 Å². The molecule has 3 aromatic carbocycles. The molecule has 0 aliphatic carbocycles. The maximum absolute atomic E-state index is 13.1. The molecule has 0 bridgehead atoms. The number of hydrogen-bond acceptors (Lipinski definition) is 11. The van der Waals surface area contributed by atoms with E-state index in [9.17, 15) is 4.79 Å². The lowest BCUT2D eigenvalue weighted by atomic mass is 9.99. The number of aliphatic imine (C=N–C) groups is 1. The number of benzene rings is 3. The van der Waals surface area contributed by atoms with Crippen LogP contribution in [0.1, 0.15) is 66.1 Å². The summed E-state index contributed by atoms with van der Waals surface area (Å²) in [5.41, 5.74) is 3.70. The number of hydrogen-bond donors (Lipinski definition) is 0. The maximum Gasteiger partial charge on any atom is 0.256 e. The molecule has 0 saturated carbocycles. The molecular weight excluding hydrogens is 630 g/mol. The molecule has 3 heterocycles. The molecule has 1 fully saturated rings. The van der Waals surface area contributed by atoms with Gasteiger partial charge in [0.2, 0.25) is 5.75 Å². The zero-order chi connectivity index (χ0) is 34.3. The van der Waals surface area contributed by atoms with Crippen molar-refractivity contribution in [2.75, 3.05) is 55.3 Å². The summed E-state index contributed by atoms with van der Waals surface area (Å²) in [5, 5.41) is 4.37. The monoisotopic (exact) mass is 673 g/mol. The SMILES string of the molecule is COc1ccc(C2CC(c3cc(OC)c(OC)c(OC)c3)=NO2)cc1OCCCCCOc1cc2c(cc1OC)C(=O)N1CCC[C@H]1C=N2. The molecule has 49 heavy (non-hydrogen) atoms. The molecule has 0 N–H and O–H groups in total. The van der Waals surface area contributed by atoms with E-state index in [1.165, 1.54) is 0 Å². The van der Waals surface area contributed by atoms with Gasteiger partial charge in [0.15, 0.2) is 40.6 Å². The van der Waals surface area contributed by atoms with Crippen LogP contribution in [0.2, 0.25) is 0 Å². The lowest BCUT2D eigenvalue weighted by Gasteiger charge is -2.20. The molecule has 1 saturated heterocycles. The van der Waals surface area contributed by atoms with E-state index < -0.39 is 0 Å². The molecule has 12 heteroatoms.